The first kappa shape index (κ1) is 37.1. The average molecular weight is 652 g/mol. The van der Waals surface area contributed by atoms with E-state index in [1.807, 2.05) is 6.07 Å². The molecular formula is C34H49N7O6. The highest BCUT2D eigenvalue weighted by Crippen LogP contribution is 2.22. The fourth-order valence-corrected chi connectivity index (χ4v) is 5.34. The number of carbonyl (C=O) groups excluding carboxylic acids is 6. The van der Waals surface area contributed by atoms with Crippen LogP contribution in [0.4, 0.5) is 0 Å². The number of nitrogens with one attached hydrogen (secondary N) is 4. The fraction of sp³-hybridized carbons (Fsp3) is 0.559. The van der Waals surface area contributed by atoms with E-state index in [1.165, 1.54) is 13.1 Å². The van der Waals surface area contributed by atoms with Crippen LogP contribution in [0.15, 0.2) is 36.5 Å². The lowest BCUT2D eigenvalue weighted by Crippen LogP contribution is -2.59. The number of para-hydroxylation sites is 1. The predicted molar refractivity (Wildman–Crippen MR) is 178 cm³/mol. The van der Waals surface area contributed by atoms with Crippen molar-refractivity contribution in [3.63, 3.8) is 0 Å². The van der Waals surface area contributed by atoms with E-state index in [4.69, 9.17) is 0 Å². The van der Waals surface area contributed by atoms with E-state index in [1.54, 1.807) is 63.8 Å². The van der Waals surface area contributed by atoms with Gasteiger partial charge in [0.25, 0.3) is 11.8 Å². The van der Waals surface area contributed by atoms with Gasteiger partial charge in [0.15, 0.2) is 0 Å². The molecule has 2 aromatic rings. The van der Waals surface area contributed by atoms with Crippen LogP contribution in [0, 0.1) is 11.3 Å². The van der Waals surface area contributed by atoms with Crippen molar-refractivity contribution in [3.05, 3.63) is 42.1 Å². The molecule has 13 nitrogen and oxygen atoms in total. The quantitative estimate of drug-likeness (QED) is 0.249. The van der Waals surface area contributed by atoms with Crippen molar-refractivity contribution in [1.82, 2.24) is 36.1 Å². The SMILES string of the molecule is CC(C)[C@H](NC(=O)[C@H](C)NC(=O)[C@@H](NC(=O)c1ccnc2ccccc12)C(C)(C)C)C(=O)C(=O)NCC(=O)N1CCN(C(C)C)CC1. The van der Waals surface area contributed by atoms with E-state index < -0.39 is 58.9 Å². The Balaban J connectivity index is 1.59. The normalized spacial score (nSPS) is 15.9. The summed E-state index contributed by atoms with van der Waals surface area (Å²) in [7, 11) is 0. The first-order valence-electron chi connectivity index (χ1n) is 16.1. The molecule has 0 aliphatic carbocycles. The van der Waals surface area contributed by atoms with Crippen molar-refractivity contribution in [2.24, 2.45) is 11.3 Å². The zero-order valence-electron chi connectivity index (χ0n) is 28.7. The van der Waals surface area contributed by atoms with Gasteiger partial charge >= 0.3 is 0 Å². The average Bonchev–Trinajstić information content (AvgIpc) is 3.03. The van der Waals surface area contributed by atoms with E-state index in [-0.39, 0.29) is 12.5 Å². The van der Waals surface area contributed by atoms with E-state index in [0.29, 0.717) is 35.6 Å². The number of hydrogen-bond donors (Lipinski definition) is 4. The smallest absolute Gasteiger partial charge is 0.290 e. The molecule has 3 atom stereocenters. The highest BCUT2D eigenvalue weighted by Gasteiger charge is 2.36. The van der Waals surface area contributed by atoms with Gasteiger partial charge < -0.3 is 26.2 Å². The number of fused-ring (bicyclic) bond motifs is 1. The fourth-order valence-electron chi connectivity index (χ4n) is 5.34. The van der Waals surface area contributed by atoms with Crippen molar-refractivity contribution in [1.29, 1.82) is 0 Å². The van der Waals surface area contributed by atoms with Gasteiger partial charge in [-0.15, -0.1) is 0 Å². The number of hydrogen-bond acceptors (Lipinski definition) is 8. The number of piperazine rings is 1. The summed E-state index contributed by atoms with van der Waals surface area (Å²) in [5, 5.41) is 11.0. The lowest BCUT2D eigenvalue weighted by molar-refractivity contribution is -0.142. The monoisotopic (exact) mass is 651 g/mol. The van der Waals surface area contributed by atoms with E-state index in [9.17, 15) is 28.8 Å². The zero-order chi connectivity index (χ0) is 35.1. The van der Waals surface area contributed by atoms with Gasteiger partial charge in [-0.2, -0.15) is 0 Å². The minimum absolute atomic E-state index is 0.284. The number of rotatable bonds is 12. The second-order valence-electron chi connectivity index (χ2n) is 13.7. The van der Waals surface area contributed by atoms with Gasteiger partial charge in [-0.05, 0) is 44.2 Å². The number of benzene rings is 1. The highest BCUT2D eigenvalue weighted by molar-refractivity contribution is 6.38. The van der Waals surface area contributed by atoms with Crippen LogP contribution >= 0.6 is 0 Å². The largest absolute Gasteiger partial charge is 0.344 e. The molecule has 0 spiro atoms. The molecule has 1 aromatic carbocycles. The molecule has 1 aromatic heterocycles. The Hall–Kier alpha value is -4.39. The molecule has 5 amide bonds. The molecule has 2 heterocycles. The maximum Gasteiger partial charge on any atom is 0.290 e. The molecule has 0 saturated carbocycles. The number of nitrogens with zero attached hydrogens (tertiary/aromatic N) is 3. The van der Waals surface area contributed by atoms with E-state index in [2.05, 4.69) is 45.0 Å². The lowest BCUT2D eigenvalue weighted by Gasteiger charge is -2.37. The summed E-state index contributed by atoms with van der Waals surface area (Å²) in [5.74, 6) is -4.36. The highest BCUT2D eigenvalue weighted by atomic mass is 16.2. The number of carbonyl (C=O) groups is 6. The van der Waals surface area contributed by atoms with Crippen LogP contribution < -0.4 is 21.3 Å². The minimum Gasteiger partial charge on any atom is -0.344 e. The minimum atomic E-state index is -1.19. The molecule has 1 aliphatic heterocycles. The van der Waals surface area contributed by atoms with Gasteiger partial charge in [0.1, 0.15) is 12.1 Å². The standard InChI is InChI=1S/C34H49N7O6/c1-20(2)27(28(43)32(46)36-19-26(42)41-17-15-40(16-18-41)21(3)4)38-30(44)22(5)37-33(47)29(34(6,7)8)39-31(45)24-13-14-35-25-12-10-9-11-23(24)25/h9-14,20-22,27,29H,15-19H2,1-8H3,(H,36,46)(H,37,47)(H,38,44)(H,39,45)/t22-,27-,29+/m0/s1. The Bertz CT molecular complexity index is 1470. The molecule has 4 N–H and O–H groups in total. The molecule has 1 fully saturated rings. The van der Waals surface area contributed by atoms with Crippen molar-refractivity contribution in [2.75, 3.05) is 32.7 Å². The van der Waals surface area contributed by atoms with Gasteiger partial charge in [-0.1, -0.05) is 52.8 Å². The summed E-state index contributed by atoms with van der Waals surface area (Å²) in [4.78, 5) is 86.6. The maximum absolute atomic E-state index is 13.4. The molecule has 256 valence electrons. The van der Waals surface area contributed by atoms with Crippen molar-refractivity contribution >= 4 is 46.2 Å². The van der Waals surface area contributed by atoms with Crippen LogP contribution in [0.2, 0.25) is 0 Å². The van der Waals surface area contributed by atoms with Crippen LogP contribution in [0.25, 0.3) is 10.9 Å². The third kappa shape index (κ3) is 9.80. The second-order valence-corrected chi connectivity index (χ2v) is 13.7. The van der Waals surface area contributed by atoms with Crippen LogP contribution in [-0.2, 0) is 24.0 Å². The number of amides is 5. The molecule has 1 saturated heterocycles. The van der Waals surface area contributed by atoms with Crippen LogP contribution in [0.3, 0.4) is 0 Å². The second kappa shape index (κ2) is 15.9. The number of Topliss-reactive ketones (excluding diaryl/α,β-unsaturated/α-hetero) is 1. The van der Waals surface area contributed by atoms with Crippen LogP contribution in [0.5, 0.6) is 0 Å². The maximum atomic E-state index is 13.4. The van der Waals surface area contributed by atoms with Crippen molar-refractivity contribution < 1.29 is 28.8 Å². The summed E-state index contributed by atoms with van der Waals surface area (Å²) >= 11 is 0. The third-order valence-corrected chi connectivity index (χ3v) is 8.32. The third-order valence-electron chi connectivity index (χ3n) is 8.32. The van der Waals surface area contributed by atoms with Gasteiger partial charge in [-0.25, -0.2) is 0 Å². The zero-order valence-corrected chi connectivity index (χ0v) is 28.7. The van der Waals surface area contributed by atoms with Crippen molar-refractivity contribution in [3.8, 4) is 0 Å². The predicted octanol–water partition coefficient (Wildman–Crippen LogP) is 1.26. The molecule has 3 rings (SSSR count). The summed E-state index contributed by atoms with van der Waals surface area (Å²) < 4.78 is 0. The van der Waals surface area contributed by atoms with Gasteiger partial charge in [0.05, 0.1) is 23.7 Å². The number of pyridine rings is 1. The number of aromatic nitrogens is 1. The van der Waals surface area contributed by atoms with Gasteiger partial charge in [0, 0.05) is 43.8 Å². The molecule has 47 heavy (non-hydrogen) atoms. The van der Waals surface area contributed by atoms with Crippen LogP contribution in [0.1, 0.15) is 65.7 Å². The Morgan fingerprint density at radius 3 is 2.06 bits per heavy atom. The molecule has 0 unspecified atom stereocenters. The molecule has 0 radical (unpaired) electrons. The van der Waals surface area contributed by atoms with Gasteiger partial charge in [0.2, 0.25) is 23.5 Å². The summed E-state index contributed by atoms with van der Waals surface area (Å²) in [5.41, 5.74) is 0.263. The molecule has 13 heteroatoms. The topological polar surface area (TPSA) is 170 Å². The first-order valence-corrected chi connectivity index (χ1v) is 16.1. The first-order chi connectivity index (χ1) is 22.0. The lowest BCUT2D eigenvalue weighted by atomic mass is 9.85. The van der Waals surface area contributed by atoms with Crippen LogP contribution in [-0.4, -0.2) is 107 Å². The Morgan fingerprint density at radius 2 is 1.47 bits per heavy atom. The number of ketones is 1. The molecular weight excluding hydrogens is 602 g/mol. The van der Waals surface area contributed by atoms with E-state index >= 15 is 0 Å². The van der Waals surface area contributed by atoms with E-state index in [0.717, 1.165) is 13.1 Å². The Morgan fingerprint density at radius 1 is 0.830 bits per heavy atom. The van der Waals surface area contributed by atoms with Gasteiger partial charge in [-0.3, -0.25) is 38.7 Å². The molecule has 1 aliphatic rings. The Kier molecular flexibility index (Phi) is 12.6. The Labute approximate surface area is 276 Å². The molecule has 0 bridgehead atoms. The van der Waals surface area contributed by atoms with Crippen molar-refractivity contribution in [2.45, 2.75) is 79.6 Å². The summed E-state index contributed by atoms with van der Waals surface area (Å²) in [6.07, 6.45) is 1.52. The summed E-state index contributed by atoms with van der Waals surface area (Å²) in [6, 6.07) is 5.82. The summed E-state index contributed by atoms with van der Waals surface area (Å²) in [6.45, 7) is 16.6.